The second-order valence-electron chi connectivity index (χ2n) is 8.98. The van der Waals surface area contributed by atoms with Crippen LogP contribution < -0.4 is 20.2 Å². The van der Waals surface area contributed by atoms with E-state index in [0.717, 1.165) is 41.7 Å². The molecule has 0 bridgehead atoms. The summed E-state index contributed by atoms with van der Waals surface area (Å²) < 4.78 is 22.2. The van der Waals surface area contributed by atoms with Crippen LogP contribution in [-0.2, 0) is 22.4 Å². The maximum atomic E-state index is 12.9. The van der Waals surface area contributed by atoms with Crippen molar-refractivity contribution < 1.29 is 28.2 Å². The van der Waals surface area contributed by atoms with Crippen LogP contribution in [0.25, 0.3) is 11.0 Å². The van der Waals surface area contributed by atoms with Crippen LogP contribution in [0.2, 0.25) is 0 Å². The number of hydrogen-bond donors (Lipinski definition) is 1. The second kappa shape index (κ2) is 11.1. The molecule has 0 atom stereocenters. The number of ether oxygens (including phenoxy) is 3. The molecular weight excluding hydrogens is 506 g/mol. The summed E-state index contributed by atoms with van der Waals surface area (Å²) in [5.41, 5.74) is 2.43. The molecule has 0 fully saturated rings. The van der Waals surface area contributed by atoms with E-state index >= 15 is 0 Å². The molecule has 38 heavy (non-hydrogen) atoms. The van der Waals surface area contributed by atoms with Crippen molar-refractivity contribution >= 4 is 39.2 Å². The molecule has 196 valence electrons. The zero-order valence-electron chi connectivity index (χ0n) is 21.1. The summed E-state index contributed by atoms with van der Waals surface area (Å²) in [4.78, 5) is 39.3. The first-order valence-corrected chi connectivity index (χ1v) is 13.3. The molecular formula is C29H27NO7S. The monoisotopic (exact) mass is 533 g/mol. The average Bonchev–Trinajstić information content (AvgIpc) is 3.27. The highest BCUT2D eigenvalue weighted by Gasteiger charge is 2.27. The lowest BCUT2D eigenvalue weighted by Crippen LogP contribution is -2.21. The fourth-order valence-electron chi connectivity index (χ4n) is 4.44. The first kappa shape index (κ1) is 25.5. The molecule has 2 heterocycles. The van der Waals surface area contributed by atoms with Gasteiger partial charge in [-0.3, -0.25) is 9.59 Å². The van der Waals surface area contributed by atoms with Crippen LogP contribution in [0.15, 0.2) is 57.9 Å². The van der Waals surface area contributed by atoms with Gasteiger partial charge in [-0.2, -0.15) is 0 Å². The van der Waals surface area contributed by atoms with Crippen LogP contribution in [0.1, 0.15) is 46.1 Å². The zero-order valence-corrected chi connectivity index (χ0v) is 21.9. The van der Waals surface area contributed by atoms with Crippen molar-refractivity contribution in [2.24, 2.45) is 0 Å². The van der Waals surface area contributed by atoms with Gasteiger partial charge in [-0.15, -0.1) is 11.3 Å². The lowest BCUT2D eigenvalue weighted by Gasteiger charge is -2.12. The van der Waals surface area contributed by atoms with E-state index in [2.05, 4.69) is 5.32 Å². The van der Waals surface area contributed by atoms with Crippen molar-refractivity contribution in [3.05, 3.63) is 80.5 Å². The van der Waals surface area contributed by atoms with Crippen molar-refractivity contribution in [2.45, 2.75) is 39.5 Å². The van der Waals surface area contributed by atoms with Gasteiger partial charge in [0.1, 0.15) is 28.3 Å². The van der Waals surface area contributed by atoms with Crippen molar-refractivity contribution in [3.8, 4) is 17.2 Å². The molecule has 2 aromatic heterocycles. The van der Waals surface area contributed by atoms with E-state index in [1.165, 1.54) is 17.6 Å². The Morgan fingerprint density at radius 3 is 2.74 bits per heavy atom. The van der Waals surface area contributed by atoms with Crippen molar-refractivity contribution in [1.82, 2.24) is 0 Å². The number of thiophene rings is 1. The molecule has 0 saturated heterocycles. The molecule has 1 N–H and O–H groups in total. The van der Waals surface area contributed by atoms with Crippen molar-refractivity contribution in [3.63, 3.8) is 0 Å². The molecule has 5 rings (SSSR count). The average molecular weight is 534 g/mol. The minimum atomic E-state index is -0.418. The van der Waals surface area contributed by atoms with Crippen LogP contribution >= 0.6 is 11.3 Å². The van der Waals surface area contributed by atoms with Crippen LogP contribution in [-0.4, -0.2) is 25.1 Å². The van der Waals surface area contributed by atoms with E-state index in [9.17, 15) is 14.4 Å². The highest BCUT2D eigenvalue weighted by atomic mass is 32.1. The maximum absolute atomic E-state index is 12.9. The standard InChI is InChI=1S/C29H27NO7S/c1-3-34-29(33)26-21-9-4-5-10-24(21)38-28(26)30-25(31)16-35-18-11-12-20-22(14-18)36-15-23(27(20)32)37-19-8-6-7-17(2)13-19/h6-8,11-15H,3-5,9-10,16H2,1-2H3,(H,30,31). The van der Waals surface area contributed by atoms with E-state index in [-0.39, 0.29) is 24.4 Å². The molecule has 0 saturated carbocycles. The van der Waals surface area contributed by atoms with Gasteiger partial charge in [0.05, 0.1) is 17.6 Å². The van der Waals surface area contributed by atoms with Crippen LogP contribution in [0, 0.1) is 6.92 Å². The van der Waals surface area contributed by atoms with Gasteiger partial charge in [-0.05, 0) is 74.9 Å². The first-order chi connectivity index (χ1) is 18.4. The van der Waals surface area contributed by atoms with Crippen LogP contribution in [0.4, 0.5) is 5.00 Å². The summed E-state index contributed by atoms with van der Waals surface area (Å²) in [7, 11) is 0. The largest absolute Gasteiger partial charge is 0.484 e. The third-order valence-corrected chi connectivity index (χ3v) is 7.41. The molecule has 1 amide bonds. The van der Waals surface area contributed by atoms with Gasteiger partial charge in [0, 0.05) is 10.9 Å². The smallest absolute Gasteiger partial charge is 0.341 e. The Bertz CT molecular complexity index is 1570. The third-order valence-electron chi connectivity index (χ3n) is 6.21. The minimum absolute atomic E-state index is 0.0761. The number of esters is 1. The Kier molecular flexibility index (Phi) is 7.46. The summed E-state index contributed by atoms with van der Waals surface area (Å²) >= 11 is 1.42. The van der Waals surface area contributed by atoms with Gasteiger partial charge in [-0.1, -0.05) is 12.1 Å². The van der Waals surface area contributed by atoms with E-state index in [4.69, 9.17) is 18.6 Å². The van der Waals surface area contributed by atoms with Crippen molar-refractivity contribution in [2.75, 3.05) is 18.5 Å². The van der Waals surface area contributed by atoms with Gasteiger partial charge in [0.2, 0.25) is 11.2 Å². The summed E-state index contributed by atoms with van der Waals surface area (Å²) in [6, 6.07) is 12.1. The highest BCUT2D eigenvalue weighted by molar-refractivity contribution is 7.17. The number of nitrogens with one attached hydrogen (secondary N) is 1. The molecule has 1 aliphatic rings. The Morgan fingerprint density at radius 2 is 1.92 bits per heavy atom. The molecule has 4 aromatic rings. The quantitative estimate of drug-likeness (QED) is 0.276. The Balaban J connectivity index is 1.28. The van der Waals surface area contributed by atoms with E-state index in [0.29, 0.717) is 33.0 Å². The number of carbonyl (C=O) groups excluding carboxylic acids is 2. The fourth-order valence-corrected chi connectivity index (χ4v) is 5.74. The predicted molar refractivity (Wildman–Crippen MR) is 145 cm³/mol. The van der Waals surface area contributed by atoms with E-state index in [1.54, 1.807) is 31.2 Å². The number of rotatable bonds is 8. The van der Waals surface area contributed by atoms with Gasteiger partial charge < -0.3 is 23.9 Å². The second-order valence-corrected chi connectivity index (χ2v) is 10.1. The lowest BCUT2D eigenvalue weighted by molar-refractivity contribution is -0.118. The van der Waals surface area contributed by atoms with Gasteiger partial charge in [0.25, 0.3) is 5.91 Å². The number of anilines is 1. The Morgan fingerprint density at radius 1 is 1.08 bits per heavy atom. The molecule has 2 aromatic carbocycles. The number of benzene rings is 2. The molecule has 0 spiro atoms. The van der Waals surface area contributed by atoms with E-state index in [1.807, 2.05) is 25.1 Å². The van der Waals surface area contributed by atoms with E-state index < -0.39 is 11.9 Å². The maximum Gasteiger partial charge on any atom is 0.341 e. The minimum Gasteiger partial charge on any atom is -0.484 e. The molecule has 0 aliphatic heterocycles. The summed E-state index contributed by atoms with van der Waals surface area (Å²) in [5.74, 6) is 0.155. The summed E-state index contributed by atoms with van der Waals surface area (Å²) in [5, 5.41) is 3.65. The fraction of sp³-hybridized carbons (Fsp3) is 0.276. The number of aryl methyl sites for hydroxylation is 2. The van der Waals surface area contributed by atoms with Gasteiger partial charge >= 0.3 is 5.97 Å². The third kappa shape index (κ3) is 5.43. The number of carbonyl (C=O) groups is 2. The molecule has 0 unspecified atom stereocenters. The molecule has 1 aliphatic carbocycles. The lowest BCUT2D eigenvalue weighted by atomic mass is 9.95. The predicted octanol–water partition coefficient (Wildman–Crippen LogP) is 6.03. The number of fused-ring (bicyclic) bond motifs is 2. The SMILES string of the molecule is CCOC(=O)c1c(NC(=O)COc2ccc3c(=O)c(Oc4cccc(C)c4)coc3c2)sc2c1CCCC2. The summed E-state index contributed by atoms with van der Waals surface area (Å²) in [6.45, 7) is 3.67. The number of hydrogen-bond acceptors (Lipinski definition) is 8. The van der Waals surface area contributed by atoms with Crippen molar-refractivity contribution in [1.29, 1.82) is 0 Å². The molecule has 0 radical (unpaired) electrons. The van der Waals surface area contributed by atoms with Crippen LogP contribution in [0.5, 0.6) is 17.2 Å². The molecule has 9 heteroatoms. The van der Waals surface area contributed by atoms with Gasteiger partial charge in [0.15, 0.2) is 6.61 Å². The first-order valence-electron chi connectivity index (χ1n) is 12.5. The Hall–Kier alpha value is -4.11. The Labute approximate surface area is 223 Å². The highest BCUT2D eigenvalue weighted by Crippen LogP contribution is 2.38. The number of amides is 1. The topological polar surface area (TPSA) is 104 Å². The summed E-state index contributed by atoms with van der Waals surface area (Å²) in [6.07, 6.45) is 5.01. The van der Waals surface area contributed by atoms with Gasteiger partial charge in [-0.25, -0.2) is 4.79 Å². The molecule has 8 nitrogen and oxygen atoms in total. The normalized spacial score (nSPS) is 12.6. The zero-order chi connectivity index (χ0) is 26.6. The van der Waals surface area contributed by atoms with Crippen LogP contribution in [0.3, 0.4) is 0 Å².